The van der Waals surface area contributed by atoms with Gasteiger partial charge in [0.05, 0.1) is 37.6 Å². The summed E-state index contributed by atoms with van der Waals surface area (Å²) < 4.78 is 27.8. The third-order valence-corrected chi connectivity index (χ3v) is 6.62. The number of rotatable bonds is 8. The van der Waals surface area contributed by atoms with Crippen LogP contribution in [0.4, 0.5) is 4.39 Å². The first-order chi connectivity index (χ1) is 16.8. The minimum absolute atomic E-state index is 0.0262. The molecule has 12 heteroatoms. The minimum atomic E-state index is -1.53. The molecule has 3 fully saturated rings. The van der Waals surface area contributed by atoms with Crippen LogP contribution in [0.3, 0.4) is 0 Å². The van der Waals surface area contributed by atoms with Crippen LogP contribution in [0.15, 0.2) is 17.1 Å². The molecular weight excluding hydrogens is 461 g/mol. The number of aromatic nitrogens is 3. The predicted octanol–water partition coefficient (Wildman–Crippen LogP) is -0.0980. The Morgan fingerprint density at radius 3 is 2.89 bits per heavy atom. The molecule has 5 rings (SSSR count). The largest absolute Gasteiger partial charge is 0.477 e. The van der Waals surface area contributed by atoms with E-state index in [1.165, 1.54) is 22.9 Å². The Morgan fingerprint density at radius 1 is 1.43 bits per heavy atom. The number of ether oxygens (including phenoxy) is 2. The molecule has 0 bridgehead atoms. The fourth-order valence-electron chi connectivity index (χ4n) is 4.33. The van der Waals surface area contributed by atoms with Gasteiger partial charge in [0.1, 0.15) is 12.2 Å². The second kappa shape index (κ2) is 9.08. The lowest BCUT2D eigenvalue weighted by atomic mass is 10.2. The fraction of sp³-hybridized carbons (Fsp3) is 0.565. The molecule has 3 heterocycles. The third kappa shape index (κ3) is 4.67. The van der Waals surface area contributed by atoms with Crippen molar-refractivity contribution in [1.82, 2.24) is 19.8 Å². The summed E-state index contributed by atoms with van der Waals surface area (Å²) in [5.74, 6) is -1.55. The molecule has 0 unspecified atom stereocenters. The minimum Gasteiger partial charge on any atom is -0.477 e. The number of aromatic amines is 1. The zero-order valence-corrected chi connectivity index (χ0v) is 19.5. The topological polar surface area (TPSA) is 129 Å². The van der Waals surface area contributed by atoms with Gasteiger partial charge in [-0.3, -0.25) is 9.59 Å². The van der Waals surface area contributed by atoms with Crippen molar-refractivity contribution in [2.24, 2.45) is 0 Å². The molecule has 2 saturated carbocycles. The molecule has 11 nitrogen and oxygen atoms in total. The number of hydrogen-bond acceptors (Lipinski definition) is 6. The van der Waals surface area contributed by atoms with Gasteiger partial charge in [0, 0.05) is 25.8 Å². The van der Waals surface area contributed by atoms with Crippen LogP contribution in [0.2, 0.25) is 0 Å². The van der Waals surface area contributed by atoms with Gasteiger partial charge in [-0.1, -0.05) is 4.52 Å². The second-order valence-corrected chi connectivity index (χ2v) is 9.43. The highest BCUT2D eigenvalue weighted by atomic mass is 19.1. The molecule has 1 atom stereocenters. The average Bonchev–Trinajstić information content (AvgIpc) is 3.75. The second-order valence-electron chi connectivity index (χ2n) is 9.43. The van der Waals surface area contributed by atoms with Crippen LogP contribution in [0.5, 0.6) is 5.88 Å². The number of hydrogen-bond donors (Lipinski definition) is 3. The first kappa shape index (κ1) is 23.5. The monoisotopic (exact) mass is 490 g/mol. The van der Waals surface area contributed by atoms with Crippen molar-refractivity contribution in [3.8, 4) is 5.88 Å². The van der Waals surface area contributed by atoms with Crippen molar-refractivity contribution in [2.75, 3.05) is 33.5 Å². The average molecular weight is 491 g/mol. The lowest BCUT2D eigenvalue weighted by Crippen LogP contribution is -2.50. The lowest BCUT2D eigenvalue weighted by molar-refractivity contribution is -0.688. The predicted molar refractivity (Wildman–Crippen MR) is 121 cm³/mol. The normalized spacial score (nSPS) is 21.5. The highest BCUT2D eigenvalue weighted by molar-refractivity contribution is 5.96. The Labute approximate surface area is 200 Å². The van der Waals surface area contributed by atoms with Crippen LogP contribution in [0, 0.1) is 0 Å². The third-order valence-electron chi connectivity index (χ3n) is 6.62. The first-order valence-electron chi connectivity index (χ1n) is 11.8. The van der Waals surface area contributed by atoms with Crippen molar-refractivity contribution in [3.05, 3.63) is 33.8 Å². The van der Waals surface area contributed by atoms with Crippen LogP contribution in [0.25, 0.3) is 11.7 Å². The molecule has 35 heavy (non-hydrogen) atoms. The molecule has 3 aliphatic rings. The van der Waals surface area contributed by atoms with Crippen molar-refractivity contribution in [1.29, 1.82) is 0 Å². The fourth-order valence-corrected chi connectivity index (χ4v) is 4.33. The van der Waals surface area contributed by atoms with Gasteiger partial charge in [-0.25, -0.2) is 14.3 Å². The number of amides is 2. The van der Waals surface area contributed by atoms with Gasteiger partial charge in [0.25, 0.3) is 5.91 Å². The molecule has 1 saturated heterocycles. The molecule has 2 aromatic rings. The zero-order valence-electron chi connectivity index (χ0n) is 19.5. The number of carbonyl (C=O) groups excluding carboxylic acids is 2. The Hall–Kier alpha value is -3.25. The SMILES string of the molecule is COC[C@@H]1COCCN1C(=O)/C=C/c1c[nH]n2c(=O)c(C(=O)NC3CC3)c(O)[n+](CC3(F)CC3)c12. The summed E-state index contributed by atoms with van der Waals surface area (Å²) in [6.45, 7) is 1.31. The molecule has 0 spiro atoms. The van der Waals surface area contributed by atoms with Crippen molar-refractivity contribution >= 4 is 23.5 Å². The number of carbonyl (C=O) groups is 2. The summed E-state index contributed by atoms with van der Waals surface area (Å²) in [5.41, 5.74) is -2.17. The highest BCUT2D eigenvalue weighted by Gasteiger charge is 2.48. The van der Waals surface area contributed by atoms with E-state index in [2.05, 4.69) is 10.4 Å². The van der Waals surface area contributed by atoms with Crippen LogP contribution in [-0.2, 0) is 20.8 Å². The first-order valence-corrected chi connectivity index (χ1v) is 11.8. The summed E-state index contributed by atoms with van der Waals surface area (Å²) in [6.07, 6.45) is 6.60. The van der Waals surface area contributed by atoms with Gasteiger partial charge in [0.2, 0.25) is 11.5 Å². The van der Waals surface area contributed by atoms with Gasteiger partial charge >= 0.3 is 17.1 Å². The van der Waals surface area contributed by atoms with Crippen LogP contribution in [0.1, 0.15) is 41.6 Å². The number of halogens is 1. The van der Waals surface area contributed by atoms with E-state index in [0.29, 0.717) is 44.8 Å². The van der Waals surface area contributed by atoms with Gasteiger partial charge in [0.15, 0.2) is 0 Å². The van der Waals surface area contributed by atoms with Crippen molar-refractivity contribution in [3.63, 3.8) is 0 Å². The van der Waals surface area contributed by atoms with Crippen molar-refractivity contribution in [2.45, 2.75) is 50.0 Å². The van der Waals surface area contributed by atoms with Gasteiger partial charge in [-0.05, 0) is 31.8 Å². The molecule has 2 amide bonds. The maximum atomic E-state index is 14.8. The van der Waals surface area contributed by atoms with E-state index in [1.54, 1.807) is 12.0 Å². The Kier molecular flexibility index (Phi) is 6.09. The van der Waals surface area contributed by atoms with E-state index in [9.17, 15) is 23.9 Å². The van der Waals surface area contributed by atoms with E-state index in [1.807, 2.05) is 0 Å². The number of fused-ring (bicyclic) bond motifs is 1. The summed E-state index contributed by atoms with van der Waals surface area (Å²) >= 11 is 0. The van der Waals surface area contributed by atoms with E-state index in [0.717, 1.165) is 17.4 Å². The number of alkyl halides is 1. The van der Waals surface area contributed by atoms with E-state index in [-0.39, 0.29) is 30.2 Å². The molecule has 188 valence electrons. The number of methoxy groups -OCH3 is 1. The summed E-state index contributed by atoms with van der Waals surface area (Å²) in [5, 5.41) is 16.4. The Bertz CT molecular complexity index is 1240. The molecular formula is C23H29FN5O6+. The smallest absolute Gasteiger partial charge is 0.378 e. The number of nitrogens with one attached hydrogen (secondary N) is 2. The molecule has 0 radical (unpaired) electrons. The molecule has 1 aliphatic heterocycles. The lowest BCUT2D eigenvalue weighted by Gasteiger charge is -2.34. The van der Waals surface area contributed by atoms with Gasteiger partial charge < -0.3 is 24.8 Å². The summed E-state index contributed by atoms with van der Waals surface area (Å²) in [7, 11) is 1.55. The van der Waals surface area contributed by atoms with Crippen LogP contribution in [-0.4, -0.2) is 82.7 Å². The molecule has 2 aliphatic carbocycles. The maximum absolute atomic E-state index is 14.8. The number of aromatic hydroxyl groups is 1. The van der Waals surface area contributed by atoms with Crippen molar-refractivity contribution < 1.29 is 33.1 Å². The molecule has 0 aromatic carbocycles. The highest BCUT2D eigenvalue weighted by Crippen LogP contribution is 2.40. The Morgan fingerprint density at radius 2 is 2.20 bits per heavy atom. The van der Waals surface area contributed by atoms with Crippen LogP contribution < -0.4 is 15.4 Å². The molecule has 3 N–H and O–H groups in total. The van der Waals surface area contributed by atoms with Crippen LogP contribution >= 0.6 is 0 Å². The summed E-state index contributed by atoms with van der Waals surface area (Å²) in [4.78, 5) is 40.4. The maximum Gasteiger partial charge on any atom is 0.378 e. The number of nitrogens with zero attached hydrogens (tertiary/aromatic N) is 3. The standard InChI is InChI=1S/C23H28FN5O6/c1-34-11-16-12-35-9-8-27(16)17(30)5-2-14-10-25-29-20(14)28(13-23(24)6-7-23)21(32)18(22(29)33)19(31)26-15-3-4-15/h2,5,10,15-16H,3-4,6-9,11-13H2,1H3,(H2,26,31,32,33)/p+1/b5-2+/t16-/m1/s1. The zero-order chi connectivity index (χ0) is 24.7. The van der Waals surface area contributed by atoms with Gasteiger partial charge in [-0.2, -0.15) is 4.57 Å². The quantitative estimate of drug-likeness (QED) is 0.350. The Balaban J connectivity index is 1.52. The number of morpholine rings is 1. The molecule has 2 aromatic heterocycles. The summed E-state index contributed by atoms with van der Waals surface area (Å²) in [6, 6.07) is -0.249. The number of H-pyrrole nitrogens is 1. The van der Waals surface area contributed by atoms with E-state index in [4.69, 9.17) is 9.47 Å². The van der Waals surface area contributed by atoms with E-state index >= 15 is 0 Å². The van der Waals surface area contributed by atoms with Gasteiger partial charge in [-0.15, -0.1) is 0 Å². The van der Waals surface area contributed by atoms with E-state index < -0.39 is 28.6 Å².